The Morgan fingerprint density at radius 3 is 2.55 bits per heavy atom. The summed E-state index contributed by atoms with van der Waals surface area (Å²) in [4.78, 5) is 0. The van der Waals surface area contributed by atoms with Gasteiger partial charge in [0, 0.05) is 12.8 Å². The Morgan fingerprint density at radius 2 is 2.09 bits per heavy atom. The smallest absolute Gasteiger partial charge is 0.307 e. The van der Waals surface area contributed by atoms with Gasteiger partial charge in [-0.3, -0.25) is 4.55 Å². The molecule has 0 aliphatic carbocycles. The molecule has 60 valence electrons. The molecule has 0 radical (unpaired) electrons. The lowest BCUT2D eigenvalue weighted by atomic mass is 10.3. The van der Waals surface area contributed by atoms with Crippen molar-refractivity contribution in [2.24, 2.45) is 0 Å². The van der Waals surface area contributed by atoms with Crippen molar-refractivity contribution in [3.8, 4) is 24.4 Å². The molecular weight excluding hydrogens is 168 g/mol. The van der Waals surface area contributed by atoms with Crippen molar-refractivity contribution in [2.45, 2.75) is 12.8 Å². The van der Waals surface area contributed by atoms with Gasteiger partial charge in [0.15, 0.2) is 0 Å². The molecule has 0 rings (SSSR count). The second kappa shape index (κ2) is 4.62. The molecule has 0 aromatic carbocycles. The summed E-state index contributed by atoms with van der Waals surface area (Å²) in [5.41, 5.74) is 0. The van der Waals surface area contributed by atoms with E-state index in [2.05, 4.69) is 16.0 Å². The van der Waals surface area contributed by atoms with Gasteiger partial charge in [-0.15, -0.1) is 12.3 Å². The predicted octanol–water partition coefficient (Wildman–Crippen LogP) is 0.180. The Hall–Kier alpha value is -1.17. The Morgan fingerprint density at radius 1 is 1.45 bits per heavy atom. The maximum atomic E-state index is 9.85. The van der Waals surface area contributed by atoms with Crippen LogP contribution >= 0.6 is 0 Å². The third-order valence-corrected chi connectivity index (χ3v) is 0.907. The van der Waals surface area contributed by atoms with E-state index < -0.39 is 10.4 Å². The molecule has 0 aromatic rings. The Balaban J connectivity index is 3.68. The van der Waals surface area contributed by atoms with E-state index in [0.29, 0.717) is 12.8 Å². The first-order chi connectivity index (χ1) is 5.06. The summed E-state index contributed by atoms with van der Waals surface area (Å²) >= 11 is 0. The fourth-order valence-electron chi connectivity index (χ4n) is 0.268. The minimum atomic E-state index is -4.44. The fourth-order valence-corrected chi connectivity index (χ4v) is 0.432. The summed E-state index contributed by atoms with van der Waals surface area (Å²) in [6, 6.07) is 0. The van der Waals surface area contributed by atoms with Crippen LogP contribution in [-0.4, -0.2) is 13.0 Å². The minimum absolute atomic E-state index is 0.339. The van der Waals surface area contributed by atoms with E-state index in [0.717, 1.165) is 0 Å². The largest absolute Gasteiger partial charge is 0.454 e. The summed E-state index contributed by atoms with van der Waals surface area (Å²) in [7, 11) is -4.44. The number of unbranched alkanes of at least 4 members (excludes halogenated alkanes) is 1. The second-order valence-electron chi connectivity index (χ2n) is 1.49. The molecule has 0 fully saturated rings. The van der Waals surface area contributed by atoms with Gasteiger partial charge in [0.2, 0.25) is 0 Å². The van der Waals surface area contributed by atoms with E-state index in [9.17, 15) is 8.42 Å². The van der Waals surface area contributed by atoms with Crippen LogP contribution in [0.15, 0.2) is 0 Å². The van der Waals surface area contributed by atoms with Crippen LogP contribution in [0, 0.1) is 24.4 Å². The molecule has 1 N–H and O–H groups in total. The van der Waals surface area contributed by atoms with Crippen molar-refractivity contribution in [3.05, 3.63) is 0 Å². The lowest BCUT2D eigenvalue weighted by Crippen LogP contribution is -1.97. The highest BCUT2D eigenvalue weighted by atomic mass is 32.3. The molecule has 5 heteroatoms. The Kier molecular flexibility index (Phi) is 4.12. The monoisotopic (exact) mass is 174 g/mol. The topological polar surface area (TPSA) is 63.6 Å². The molecular formula is C6H6O4S. The van der Waals surface area contributed by atoms with Crippen LogP contribution in [-0.2, 0) is 14.6 Å². The third kappa shape index (κ3) is 8.83. The third-order valence-electron chi connectivity index (χ3n) is 0.613. The van der Waals surface area contributed by atoms with Gasteiger partial charge in [-0.2, -0.15) is 8.42 Å². The summed E-state index contributed by atoms with van der Waals surface area (Å²) in [5, 5.41) is 0. The van der Waals surface area contributed by atoms with Crippen molar-refractivity contribution in [1.29, 1.82) is 0 Å². The number of terminal acetylenes is 1. The molecule has 0 aliphatic heterocycles. The molecule has 11 heavy (non-hydrogen) atoms. The Labute approximate surface area is 65.5 Å². The zero-order valence-electron chi connectivity index (χ0n) is 5.57. The molecule has 0 spiro atoms. The summed E-state index contributed by atoms with van der Waals surface area (Å²) in [6.07, 6.45) is 7.40. The highest BCUT2D eigenvalue weighted by Crippen LogP contribution is 1.85. The fraction of sp³-hybridized carbons (Fsp3) is 0.333. The van der Waals surface area contributed by atoms with Gasteiger partial charge in [0.05, 0.1) is 0 Å². The van der Waals surface area contributed by atoms with Crippen molar-refractivity contribution in [2.75, 3.05) is 0 Å². The minimum Gasteiger partial charge on any atom is -0.307 e. The number of rotatable bonds is 2. The highest BCUT2D eigenvalue weighted by molar-refractivity contribution is 7.81. The van der Waals surface area contributed by atoms with Gasteiger partial charge >= 0.3 is 10.4 Å². The first kappa shape index (κ1) is 9.83. The summed E-state index contributed by atoms with van der Waals surface area (Å²) in [6.45, 7) is 0. The molecule has 4 nitrogen and oxygen atoms in total. The van der Waals surface area contributed by atoms with E-state index in [1.54, 1.807) is 6.11 Å². The van der Waals surface area contributed by atoms with E-state index >= 15 is 0 Å². The van der Waals surface area contributed by atoms with Crippen molar-refractivity contribution >= 4 is 10.4 Å². The molecule has 0 saturated carbocycles. The summed E-state index contributed by atoms with van der Waals surface area (Å²) in [5.74, 6) is 4.58. The van der Waals surface area contributed by atoms with Crippen LogP contribution in [0.2, 0.25) is 0 Å². The van der Waals surface area contributed by atoms with Gasteiger partial charge in [0.25, 0.3) is 0 Å². The Bertz CT molecular complexity index is 298. The van der Waals surface area contributed by atoms with Crippen LogP contribution in [0.4, 0.5) is 0 Å². The molecule has 0 aliphatic rings. The molecule has 0 unspecified atom stereocenters. The molecule has 0 saturated heterocycles. The first-order valence-corrected chi connectivity index (χ1v) is 4.00. The van der Waals surface area contributed by atoms with E-state index in [1.165, 1.54) is 0 Å². The zero-order valence-corrected chi connectivity index (χ0v) is 6.39. The number of hydrogen-bond acceptors (Lipinski definition) is 3. The van der Waals surface area contributed by atoms with Crippen LogP contribution in [0.3, 0.4) is 0 Å². The van der Waals surface area contributed by atoms with Crippen LogP contribution < -0.4 is 0 Å². The van der Waals surface area contributed by atoms with Gasteiger partial charge in [0.1, 0.15) is 6.11 Å². The van der Waals surface area contributed by atoms with Gasteiger partial charge in [-0.1, -0.05) is 5.92 Å². The maximum Gasteiger partial charge on any atom is 0.454 e. The standard InChI is InChI=1S/C6H6O4S/c1-2-3-4-5-6-10-11(7,8)9/h1H,3-4H2,(H,7,8,9). The lowest BCUT2D eigenvalue weighted by molar-refractivity contribution is 0.370. The highest BCUT2D eigenvalue weighted by Gasteiger charge is 1.98. The molecule has 0 amide bonds. The summed E-state index contributed by atoms with van der Waals surface area (Å²) < 4.78 is 31.4. The van der Waals surface area contributed by atoms with E-state index in [1.807, 2.05) is 0 Å². The predicted molar refractivity (Wildman–Crippen MR) is 38.5 cm³/mol. The molecule has 0 atom stereocenters. The average Bonchev–Trinajstić information content (AvgIpc) is 1.85. The molecule has 0 bridgehead atoms. The lowest BCUT2D eigenvalue weighted by Gasteiger charge is -1.85. The van der Waals surface area contributed by atoms with Crippen LogP contribution in [0.1, 0.15) is 12.8 Å². The second-order valence-corrected chi connectivity index (χ2v) is 2.52. The van der Waals surface area contributed by atoms with Crippen molar-refractivity contribution in [1.82, 2.24) is 0 Å². The van der Waals surface area contributed by atoms with Crippen LogP contribution in [0.25, 0.3) is 0 Å². The molecule has 0 aromatic heterocycles. The SMILES string of the molecule is C#CCCC#COS(=O)(=O)O. The maximum absolute atomic E-state index is 9.85. The van der Waals surface area contributed by atoms with E-state index in [-0.39, 0.29) is 0 Å². The van der Waals surface area contributed by atoms with Gasteiger partial charge < -0.3 is 4.18 Å². The van der Waals surface area contributed by atoms with E-state index in [4.69, 9.17) is 11.0 Å². The molecule has 0 heterocycles. The normalized spacial score (nSPS) is 9.09. The van der Waals surface area contributed by atoms with Crippen LogP contribution in [0.5, 0.6) is 0 Å². The zero-order chi connectivity index (χ0) is 8.74. The van der Waals surface area contributed by atoms with Crippen molar-refractivity contribution < 1.29 is 17.2 Å². The quantitative estimate of drug-likeness (QED) is 0.368. The average molecular weight is 174 g/mol. The van der Waals surface area contributed by atoms with Gasteiger partial charge in [-0.05, 0) is 0 Å². The van der Waals surface area contributed by atoms with Gasteiger partial charge in [-0.25, -0.2) is 0 Å². The number of hydrogen-bond donors (Lipinski definition) is 1. The van der Waals surface area contributed by atoms with Crippen molar-refractivity contribution in [3.63, 3.8) is 0 Å². The first-order valence-electron chi connectivity index (χ1n) is 2.63.